The normalized spacial score (nSPS) is 17.2. The SMILES string of the molecule is CCC(NC(=O)/C=C/C1=CCCC1)C(=O)O. The van der Waals surface area contributed by atoms with Gasteiger partial charge in [-0.15, -0.1) is 0 Å². The molecule has 4 nitrogen and oxygen atoms in total. The van der Waals surface area contributed by atoms with Crippen molar-refractivity contribution in [3.63, 3.8) is 0 Å². The molecule has 88 valence electrons. The summed E-state index contributed by atoms with van der Waals surface area (Å²) in [5, 5.41) is 11.2. The van der Waals surface area contributed by atoms with Crippen molar-refractivity contribution in [1.29, 1.82) is 0 Å². The molecule has 0 aromatic rings. The van der Waals surface area contributed by atoms with Crippen molar-refractivity contribution in [3.05, 3.63) is 23.8 Å². The first-order valence-electron chi connectivity index (χ1n) is 5.54. The Labute approximate surface area is 95.0 Å². The Bertz CT molecular complexity index is 331. The fourth-order valence-corrected chi connectivity index (χ4v) is 1.59. The van der Waals surface area contributed by atoms with E-state index >= 15 is 0 Å². The summed E-state index contributed by atoms with van der Waals surface area (Å²) in [4.78, 5) is 22.1. The Kier molecular flexibility index (Phi) is 4.76. The number of amides is 1. The van der Waals surface area contributed by atoms with Gasteiger partial charge in [0.1, 0.15) is 6.04 Å². The van der Waals surface area contributed by atoms with Crippen LogP contribution < -0.4 is 5.32 Å². The third kappa shape index (κ3) is 3.88. The van der Waals surface area contributed by atoms with Gasteiger partial charge in [0, 0.05) is 6.08 Å². The van der Waals surface area contributed by atoms with E-state index in [1.807, 2.05) is 0 Å². The largest absolute Gasteiger partial charge is 0.480 e. The standard InChI is InChI=1S/C12H17NO3/c1-2-10(12(15)16)13-11(14)8-7-9-5-3-4-6-9/h5,7-8,10H,2-4,6H2,1H3,(H,13,14)(H,15,16)/b8-7+. The molecule has 1 rings (SSSR count). The maximum Gasteiger partial charge on any atom is 0.326 e. The van der Waals surface area contributed by atoms with Crippen molar-refractivity contribution < 1.29 is 14.7 Å². The number of carboxylic acid groups (broad SMARTS) is 1. The van der Waals surface area contributed by atoms with Crippen LogP contribution in [0.3, 0.4) is 0 Å². The first-order chi connectivity index (χ1) is 7.63. The van der Waals surface area contributed by atoms with Crippen LogP contribution in [0.15, 0.2) is 23.8 Å². The summed E-state index contributed by atoms with van der Waals surface area (Å²) in [6, 6.07) is -0.797. The molecule has 2 N–H and O–H groups in total. The second-order valence-electron chi connectivity index (χ2n) is 3.81. The van der Waals surface area contributed by atoms with Crippen LogP contribution in [0.1, 0.15) is 32.6 Å². The molecule has 0 spiro atoms. The van der Waals surface area contributed by atoms with Crippen molar-refractivity contribution in [1.82, 2.24) is 5.32 Å². The second-order valence-corrected chi connectivity index (χ2v) is 3.81. The molecule has 1 aliphatic carbocycles. The number of hydrogen-bond acceptors (Lipinski definition) is 2. The monoisotopic (exact) mass is 223 g/mol. The summed E-state index contributed by atoms with van der Waals surface area (Å²) in [7, 11) is 0. The molecule has 4 heteroatoms. The lowest BCUT2D eigenvalue weighted by atomic mass is 10.2. The van der Waals surface area contributed by atoms with Gasteiger partial charge in [0.15, 0.2) is 0 Å². The molecule has 1 aliphatic rings. The van der Waals surface area contributed by atoms with Gasteiger partial charge in [-0.3, -0.25) is 4.79 Å². The van der Waals surface area contributed by atoms with E-state index in [1.165, 1.54) is 6.08 Å². The van der Waals surface area contributed by atoms with Gasteiger partial charge in [0.2, 0.25) is 5.91 Å². The molecule has 0 radical (unpaired) electrons. The molecule has 0 aromatic heterocycles. The summed E-state index contributed by atoms with van der Waals surface area (Å²) >= 11 is 0. The van der Waals surface area contributed by atoms with E-state index in [9.17, 15) is 9.59 Å². The van der Waals surface area contributed by atoms with Crippen LogP contribution in [0, 0.1) is 0 Å². The zero-order valence-electron chi connectivity index (χ0n) is 9.40. The smallest absolute Gasteiger partial charge is 0.326 e. The van der Waals surface area contributed by atoms with Crippen molar-refractivity contribution in [3.8, 4) is 0 Å². The fourth-order valence-electron chi connectivity index (χ4n) is 1.59. The molecule has 1 unspecified atom stereocenters. The van der Waals surface area contributed by atoms with Gasteiger partial charge in [-0.25, -0.2) is 4.79 Å². The van der Waals surface area contributed by atoms with E-state index in [1.54, 1.807) is 13.0 Å². The molecule has 0 saturated carbocycles. The third-order valence-electron chi connectivity index (χ3n) is 2.55. The van der Waals surface area contributed by atoms with Crippen LogP contribution in [0.4, 0.5) is 0 Å². The second kappa shape index (κ2) is 6.10. The van der Waals surface area contributed by atoms with Crippen molar-refractivity contribution in [2.45, 2.75) is 38.6 Å². The summed E-state index contributed by atoms with van der Waals surface area (Å²) in [6.07, 6.45) is 8.84. The van der Waals surface area contributed by atoms with Gasteiger partial charge in [-0.2, -0.15) is 0 Å². The van der Waals surface area contributed by atoms with Crippen molar-refractivity contribution in [2.75, 3.05) is 0 Å². The van der Waals surface area contributed by atoms with Gasteiger partial charge in [0.25, 0.3) is 0 Å². The Morgan fingerprint density at radius 1 is 1.62 bits per heavy atom. The van der Waals surface area contributed by atoms with E-state index in [0.717, 1.165) is 24.8 Å². The van der Waals surface area contributed by atoms with Gasteiger partial charge < -0.3 is 10.4 Å². The van der Waals surface area contributed by atoms with E-state index in [0.29, 0.717) is 6.42 Å². The highest BCUT2D eigenvalue weighted by Gasteiger charge is 2.15. The summed E-state index contributed by atoms with van der Waals surface area (Å²) in [5.41, 5.74) is 1.15. The van der Waals surface area contributed by atoms with Crippen molar-refractivity contribution in [2.24, 2.45) is 0 Å². The van der Waals surface area contributed by atoms with Crippen molar-refractivity contribution >= 4 is 11.9 Å². The number of carbonyl (C=O) groups excluding carboxylic acids is 1. The molecule has 0 aliphatic heterocycles. The Morgan fingerprint density at radius 3 is 2.88 bits per heavy atom. The van der Waals surface area contributed by atoms with E-state index < -0.39 is 12.0 Å². The molecule has 0 saturated heterocycles. The summed E-state index contributed by atoms with van der Waals surface area (Å²) in [6.45, 7) is 1.72. The zero-order valence-corrected chi connectivity index (χ0v) is 9.40. The number of hydrogen-bond donors (Lipinski definition) is 2. The number of nitrogens with one attached hydrogen (secondary N) is 1. The maximum atomic E-state index is 11.4. The highest BCUT2D eigenvalue weighted by Crippen LogP contribution is 2.18. The molecular weight excluding hydrogens is 206 g/mol. The summed E-state index contributed by atoms with van der Waals surface area (Å²) in [5.74, 6) is -1.34. The number of aliphatic carboxylic acids is 1. The predicted molar refractivity (Wildman–Crippen MR) is 60.9 cm³/mol. The molecule has 0 heterocycles. The van der Waals surface area contributed by atoms with Crippen LogP contribution in [0.2, 0.25) is 0 Å². The molecule has 16 heavy (non-hydrogen) atoms. The average molecular weight is 223 g/mol. The molecular formula is C12H17NO3. The van der Waals surface area contributed by atoms with Crippen LogP contribution in [0.5, 0.6) is 0 Å². The minimum Gasteiger partial charge on any atom is -0.480 e. The van der Waals surface area contributed by atoms with Gasteiger partial charge in [-0.05, 0) is 25.7 Å². The first-order valence-corrected chi connectivity index (χ1v) is 5.54. The van der Waals surface area contributed by atoms with Crippen LogP contribution in [-0.2, 0) is 9.59 Å². The van der Waals surface area contributed by atoms with E-state index in [4.69, 9.17) is 5.11 Å². The van der Waals surface area contributed by atoms with E-state index in [2.05, 4.69) is 11.4 Å². The van der Waals surface area contributed by atoms with Gasteiger partial charge in [-0.1, -0.05) is 24.6 Å². The lowest BCUT2D eigenvalue weighted by Crippen LogP contribution is -2.39. The Balaban J connectivity index is 2.43. The molecule has 0 fully saturated rings. The minimum atomic E-state index is -0.996. The molecule has 0 bridgehead atoms. The predicted octanol–water partition coefficient (Wildman–Crippen LogP) is 1.63. The average Bonchev–Trinajstić information content (AvgIpc) is 2.75. The Morgan fingerprint density at radius 2 is 2.38 bits per heavy atom. The maximum absolute atomic E-state index is 11.4. The number of carbonyl (C=O) groups is 2. The van der Waals surface area contributed by atoms with Gasteiger partial charge >= 0.3 is 5.97 Å². The van der Waals surface area contributed by atoms with E-state index in [-0.39, 0.29) is 5.91 Å². The fraction of sp³-hybridized carbons (Fsp3) is 0.500. The van der Waals surface area contributed by atoms with Crippen LogP contribution >= 0.6 is 0 Å². The highest BCUT2D eigenvalue weighted by atomic mass is 16.4. The molecule has 1 atom stereocenters. The zero-order chi connectivity index (χ0) is 12.0. The lowest BCUT2D eigenvalue weighted by molar-refractivity contribution is -0.141. The first kappa shape index (κ1) is 12.5. The summed E-state index contributed by atoms with van der Waals surface area (Å²) < 4.78 is 0. The van der Waals surface area contributed by atoms with Gasteiger partial charge in [0.05, 0.1) is 0 Å². The number of rotatable bonds is 5. The van der Waals surface area contributed by atoms with Crippen LogP contribution in [0.25, 0.3) is 0 Å². The Hall–Kier alpha value is -1.58. The third-order valence-corrected chi connectivity index (χ3v) is 2.55. The lowest BCUT2D eigenvalue weighted by Gasteiger charge is -2.09. The molecule has 1 amide bonds. The number of carboxylic acids is 1. The van der Waals surface area contributed by atoms with Crippen LogP contribution in [-0.4, -0.2) is 23.0 Å². The molecule has 0 aromatic carbocycles. The topological polar surface area (TPSA) is 66.4 Å². The quantitative estimate of drug-likeness (QED) is 0.696. The minimum absolute atomic E-state index is 0.345. The number of allylic oxidation sites excluding steroid dienone is 3. The highest BCUT2D eigenvalue weighted by molar-refractivity contribution is 5.91.